The van der Waals surface area contributed by atoms with Crippen LogP contribution in [0.25, 0.3) is 0 Å². The van der Waals surface area contributed by atoms with E-state index in [0.29, 0.717) is 37.3 Å². The molecule has 0 aliphatic carbocycles. The number of methoxy groups -OCH3 is 1. The Bertz CT molecular complexity index is 1370. The van der Waals surface area contributed by atoms with Crippen LogP contribution < -0.4 is 19.2 Å². The molecule has 0 saturated heterocycles. The summed E-state index contributed by atoms with van der Waals surface area (Å²) in [7, 11) is -2.21. The van der Waals surface area contributed by atoms with Gasteiger partial charge in [-0.2, -0.15) is 5.10 Å². The molecule has 0 unspecified atom stereocenters. The first kappa shape index (κ1) is 27.8. The molecule has 0 fully saturated rings. The molecular weight excluding hydrogens is 593 g/mol. The van der Waals surface area contributed by atoms with E-state index in [1.807, 2.05) is 18.2 Å². The minimum absolute atomic E-state index is 0.239. The molecule has 0 spiro atoms. The highest BCUT2D eigenvalue weighted by atomic mass is 79.9. The first-order chi connectivity index (χ1) is 17.1. The predicted octanol–water partition coefficient (Wildman–Crippen LogP) is 5.26. The zero-order chi connectivity index (χ0) is 26.3. The van der Waals surface area contributed by atoms with Crippen LogP contribution >= 0.6 is 39.1 Å². The zero-order valence-corrected chi connectivity index (χ0v) is 23.2. The van der Waals surface area contributed by atoms with Crippen molar-refractivity contribution >= 4 is 67.0 Å². The second-order valence-corrected chi connectivity index (χ2v) is 11.1. The van der Waals surface area contributed by atoms with E-state index in [1.165, 1.54) is 37.6 Å². The smallest absolute Gasteiger partial charge is 0.260 e. The van der Waals surface area contributed by atoms with Gasteiger partial charge in [-0.15, -0.1) is 0 Å². The maximum absolute atomic E-state index is 12.4. The number of anilines is 1. The van der Waals surface area contributed by atoms with Gasteiger partial charge in [0, 0.05) is 15.6 Å². The molecule has 0 bridgehead atoms. The van der Waals surface area contributed by atoms with Crippen LogP contribution in [0.4, 0.5) is 5.69 Å². The maximum Gasteiger partial charge on any atom is 0.260 e. The van der Waals surface area contributed by atoms with Crippen molar-refractivity contribution in [2.24, 2.45) is 5.10 Å². The van der Waals surface area contributed by atoms with Crippen molar-refractivity contribution in [1.29, 1.82) is 0 Å². The highest BCUT2D eigenvalue weighted by molar-refractivity contribution is 9.10. The number of amides is 1. The fraction of sp³-hybridized carbons (Fsp3) is 0.167. The molecule has 3 aromatic rings. The standard InChI is InChI=1S/C24H22BrCl2N3O5S/c1-34-22-12-16(11-20(25)24(22)35-15-17-5-3-4-6-21(17)27)13-28-29-23(31)14-30(36(2,32)33)19-9-7-18(26)8-10-19/h3-13H,14-15H2,1-2H3,(H,29,31)/b28-13-. The third-order valence-electron chi connectivity index (χ3n) is 4.79. The number of sulfonamides is 1. The molecule has 190 valence electrons. The lowest BCUT2D eigenvalue weighted by Gasteiger charge is -2.21. The van der Waals surface area contributed by atoms with E-state index in [2.05, 4.69) is 26.5 Å². The van der Waals surface area contributed by atoms with Crippen LogP contribution in [0, 0.1) is 0 Å². The third-order valence-corrected chi connectivity index (χ3v) is 7.14. The van der Waals surface area contributed by atoms with Gasteiger partial charge in [0.05, 0.1) is 29.7 Å². The number of nitrogens with one attached hydrogen (secondary N) is 1. The van der Waals surface area contributed by atoms with Gasteiger partial charge in [-0.25, -0.2) is 13.8 Å². The van der Waals surface area contributed by atoms with Gasteiger partial charge in [-0.3, -0.25) is 9.10 Å². The molecule has 0 heterocycles. The van der Waals surface area contributed by atoms with Crippen molar-refractivity contribution in [3.63, 3.8) is 0 Å². The topological polar surface area (TPSA) is 97.3 Å². The Morgan fingerprint density at radius 2 is 1.83 bits per heavy atom. The lowest BCUT2D eigenvalue weighted by atomic mass is 10.2. The van der Waals surface area contributed by atoms with Crippen molar-refractivity contribution in [1.82, 2.24) is 5.43 Å². The second-order valence-electron chi connectivity index (χ2n) is 7.45. The summed E-state index contributed by atoms with van der Waals surface area (Å²) in [5, 5.41) is 4.98. The summed E-state index contributed by atoms with van der Waals surface area (Å²) in [6.45, 7) is -0.220. The van der Waals surface area contributed by atoms with Crippen LogP contribution in [0.5, 0.6) is 11.5 Å². The van der Waals surface area contributed by atoms with E-state index in [4.69, 9.17) is 32.7 Å². The van der Waals surface area contributed by atoms with E-state index in [-0.39, 0.29) is 6.61 Å². The molecule has 0 aromatic heterocycles. The van der Waals surface area contributed by atoms with Crippen molar-refractivity contribution < 1.29 is 22.7 Å². The molecular formula is C24H22BrCl2N3O5S. The quantitative estimate of drug-likeness (QED) is 0.248. The summed E-state index contributed by atoms with van der Waals surface area (Å²) >= 11 is 15.5. The monoisotopic (exact) mass is 613 g/mol. The number of carbonyl (C=O) groups is 1. The van der Waals surface area contributed by atoms with Gasteiger partial charge in [-0.05, 0) is 64.0 Å². The van der Waals surface area contributed by atoms with E-state index in [0.717, 1.165) is 16.1 Å². The fourth-order valence-corrected chi connectivity index (χ4v) is 4.82. The van der Waals surface area contributed by atoms with E-state index in [1.54, 1.807) is 18.2 Å². The number of benzene rings is 3. The Hall–Kier alpha value is -2.79. The Morgan fingerprint density at radius 1 is 1.14 bits per heavy atom. The molecule has 1 N–H and O–H groups in total. The molecule has 0 atom stereocenters. The normalized spacial score (nSPS) is 11.4. The lowest BCUT2D eigenvalue weighted by Crippen LogP contribution is -2.38. The number of rotatable bonds is 10. The minimum Gasteiger partial charge on any atom is -0.493 e. The maximum atomic E-state index is 12.4. The van der Waals surface area contributed by atoms with Crippen LogP contribution in [0.15, 0.2) is 70.2 Å². The number of hydrazone groups is 1. The SMILES string of the molecule is COc1cc(/C=N\NC(=O)CN(c2ccc(Cl)cc2)S(C)(=O)=O)cc(Br)c1OCc1ccccc1Cl. The van der Waals surface area contributed by atoms with Gasteiger partial charge in [-0.1, -0.05) is 41.4 Å². The third kappa shape index (κ3) is 7.60. The second kappa shape index (κ2) is 12.4. The van der Waals surface area contributed by atoms with Crippen LogP contribution in [-0.2, 0) is 21.4 Å². The Kier molecular flexibility index (Phi) is 9.61. The summed E-state index contributed by atoms with van der Waals surface area (Å²) in [6, 6.07) is 16.9. The van der Waals surface area contributed by atoms with Crippen LogP contribution in [-0.4, -0.2) is 40.4 Å². The van der Waals surface area contributed by atoms with Gasteiger partial charge in [0.1, 0.15) is 13.2 Å². The van der Waals surface area contributed by atoms with E-state index < -0.39 is 22.5 Å². The van der Waals surface area contributed by atoms with E-state index >= 15 is 0 Å². The van der Waals surface area contributed by atoms with Gasteiger partial charge < -0.3 is 9.47 Å². The number of nitrogens with zero attached hydrogens (tertiary/aromatic N) is 2. The van der Waals surface area contributed by atoms with Crippen LogP contribution in [0.3, 0.4) is 0 Å². The van der Waals surface area contributed by atoms with Gasteiger partial charge >= 0.3 is 0 Å². The zero-order valence-electron chi connectivity index (χ0n) is 19.2. The van der Waals surface area contributed by atoms with Crippen molar-refractivity contribution in [2.45, 2.75) is 6.61 Å². The number of hydrogen-bond acceptors (Lipinski definition) is 6. The summed E-state index contributed by atoms with van der Waals surface area (Å²) in [5.74, 6) is 0.290. The molecule has 36 heavy (non-hydrogen) atoms. The van der Waals surface area contributed by atoms with E-state index in [9.17, 15) is 13.2 Å². The summed E-state index contributed by atoms with van der Waals surface area (Å²) < 4.78 is 37.3. The molecule has 0 aliphatic rings. The number of ether oxygens (including phenoxy) is 2. The van der Waals surface area contributed by atoms with Crippen molar-refractivity contribution in [3.8, 4) is 11.5 Å². The first-order valence-electron chi connectivity index (χ1n) is 10.4. The van der Waals surface area contributed by atoms with Crippen molar-refractivity contribution in [3.05, 3.63) is 86.3 Å². The lowest BCUT2D eigenvalue weighted by molar-refractivity contribution is -0.119. The molecule has 0 saturated carbocycles. The highest BCUT2D eigenvalue weighted by Crippen LogP contribution is 2.37. The minimum atomic E-state index is -3.72. The van der Waals surface area contributed by atoms with Gasteiger partial charge in [0.2, 0.25) is 10.0 Å². The molecule has 0 aliphatic heterocycles. The summed E-state index contributed by atoms with van der Waals surface area (Å²) in [6.07, 6.45) is 2.41. The number of hydrogen-bond donors (Lipinski definition) is 1. The molecule has 12 heteroatoms. The average molecular weight is 615 g/mol. The Labute approximate surface area is 228 Å². The first-order valence-corrected chi connectivity index (χ1v) is 13.8. The van der Waals surface area contributed by atoms with Gasteiger partial charge in [0.15, 0.2) is 11.5 Å². The predicted molar refractivity (Wildman–Crippen MR) is 146 cm³/mol. The molecule has 0 radical (unpaired) electrons. The van der Waals surface area contributed by atoms with Crippen LogP contribution in [0.1, 0.15) is 11.1 Å². The number of halogens is 3. The molecule has 3 rings (SSSR count). The van der Waals surface area contributed by atoms with Crippen molar-refractivity contribution in [2.75, 3.05) is 24.2 Å². The Balaban J connectivity index is 1.68. The fourth-order valence-electron chi connectivity index (χ4n) is 3.07. The summed E-state index contributed by atoms with van der Waals surface area (Å²) in [4.78, 5) is 12.4. The largest absolute Gasteiger partial charge is 0.493 e. The molecule has 8 nitrogen and oxygen atoms in total. The van der Waals surface area contributed by atoms with Crippen LogP contribution in [0.2, 0.25) is 10.0 Å². The molecule has 3 aromatic carbocycles. The number of carbonyl (C=O) groups excluding carboxylic acids is 1. The summed E-state index contributed by atoms with van der Waals surface area (Å²) in [5.41, 5.74) is 4.06. The highest BCUT2D eigenvalue weighted by Gasteiger charge is 2.20. The van der Waals surface area contributed by atoms with Gasteiger partial charge in [0.25, 0.3) is 5.91 Å². The average Bonchev–Trinajstić information content (AvgIpc) is 2.82. The Morgan fingerprint density at radius 3 is 2.47 bits per heavy atom. The molecule has 1 amide bonds.